The molecule has 0 bridgehead atoms. The van der Waals surface area contributed by atoms with Crippen LogP contribution in [0.4, 0.5) is 0 Å². The maximum atomic E-state index is 14.4. The van der Waals surface area contributed by atoms with E-state index in [1.54, 1.807) is 25.4 Å². The first-order chi connectivity index (χ1) is 20.1. The molecule has 2 aliphatic heterocycles. The Labute approximate surface area is 254 Å². The molecule has 0 spiro atoms. The number of carbonyl (C=O) groups is 4. The molecule has 1 aliphatic carbocycles. The first-order valence-electron chi connectivity index (χ1n) is 13.9. The number of fused-ring (bicyclic) bond motifs is 2. The number of hydrogen-bond donors (Lipinski definition) is 0. The number of thioether (sulfide) groups is 1. The molecule has 0 aromatic carbocycles. The second-order valence-corrected chi connectivity index (χ2v) is 18.4. The molecule has 5 rings (SSSR count). The Bertz CT molecular complexity index is 1610. The normalized spacial score (nSPS) is 26.2. The Hall–Kier alpha value is -3.48. The maximum absolute atomic E-state index is 14.4. The van der Waals surface area contributed by atoms with Gasteiger partial charge in [-0.05, 0) is 37.2 Å². The Morgan fingerprint density at radius 1 is 1.26 bits per heavy atom. The van der Waals surface area contributed by atoms with E-state index in [1.165, 1.54) is 23.9 Å². The van der Waals surface area contributed by atoms with Crippen molar-refractivity contribution in [2.75, 3.05) is 6.61 Å². The van der Waals surface area contributed by atoms with E-state index < -0.39 is 59.8 Å². The maximum Gasteiger partial charge on any atom is 0.267 e. The van der Waals surface area contributed by atoms with Crippen LogP contribution in [-0.2, 0) is 33.2 Å². The highest BCUT2D eigenvalue weighted by Crippen LogP contribution is 2.65. The first-order valence-corrected chi connectivity index (χ1v) is 17.7. The average molecular weight is 623 g/mol. The molecule has 11 nitrogen and oxygen atoms in total. The smallest absolute Gasteiger partial charge is 0.267 e. The molecule has 226 valence electrons. The van der Waals surface area contributed by atoms with Gasteiger partial charge in [-0.1, -0.05) is 45.5 Å². The van der Waals surface area contributed by atoms with E-state index in [-0.39, 0.29) is 17.3 Å². The van der Waals surface area contributed by atoms with Crippen LogP contribution in [0.15, 0.2) is 48.5 Å². The second-order valence-electron chi connectivity index (χ2n) is 12.6. The Balaban J connectivity index is 1.56. The summed E-state index contributed by atoms with van der Waals surface area (Å²) in [5.74, 6) is -2.44. The Morgan fingerprint density at radius 2 is 1.95 bits per heavy atom. The van der Waals surface area contributed by atoms with Gasteiger partial charge < -0.3 is 4.43 Å². The minimum atomic E-state index is -2.55. The zero-order valence-corrected chi connectivity index (χ0v) is 27.0. The van der Waals surface area contributed by atoms with Gasteiger partial charge in [-0.3, -0.25) is 33.6 Å². The number of ketones is 3. The highest BCUT2D eigenvalue weighted by Gasteiger charge is 2.93. The van der Waals surface area contributed by atoms with Crippen molar-refractivity contribution in [2.45, 2.75) is 74.7 Å². The van der Waals surface area contributed by atoms with Crippen molar-refractivity contribution < 1.29 is 33.2 Å². The molecule has 0 radical (unpaired) electrons. The molecule has 1 saturated heterocycles. The van der Waals surface area contributed by atoms with Crippen molar-refractivity contribution >= 4 is 55.0 Å². The van der Waals surface area contributed by atoms with Crippen LogP contribution in [0.3, 0.4) is 0 Å². The fourth-order valence-corrected chi connectivity index (χ4v) is 8.92. The topological polar surface area (TPSA) is 138 Å². The lowest BCUT2D eigenvalue weighted by Gasteiger charge is -2.70. The van der Waals surface area contributed by atoms with Gasteiger partial charge in [-0.25, -0.2) is 14.8 Å². The molecule has 1 amide bonds. The van der Waals surface area contributed by atoms with Gasteiger partial charge in [-0.2, -0.15) is 0 Å². The number of imidazole rings is 1. The highest BCUT2D eigenvalue weighted by molar-refractivity contribution is 8.01. The van der Waals surface area contributed by atoms with E-state index in [2.05, 4.69) is 16.5 Å². The summed E-state index contributed by atoms with van der Waals surface area (Å²) in [6.45, 7) is 16.6. The summed E-state index contributed by atoms with van der Waals surface area (Å²) in [6.07, 6.45) is 5.06. The molecular formula is C30H34N4O7SSi. The minimum Gasteiger partial charge on any atom is -0.413 e. The summed E-state index contributed by atoms with van der Waals surface area (Å²) in [7, 11) is -2.55. The molecule has 5 atom stereocenters. The molecule has 0 N–H and O–H groups in total. The number of carbonyl (C=O) groups excluding carboxylic acids is 5. The lowest BCUT2D eigenvalue weighted by Crippen LogP contribution is -2.97. The summed E-state index contributed by atoms with van der Waals surface area (Å²) in [5.41, 5.74) is -2.66. The monoisotopic (exact) mass is 622 g/mol. The number of rotatable bonds is 10. The van der Waals surface area contributed by atoms with E-state index >= 15 is 0 Å². The van der Waals surface area contributed by atoms with Crippen LogP contribution in [0.25, 0.3) is 17.0 Å². The number of aromatic nitrogens is 3. The third-order valence-electron chi connectivity index (χ3n) is 9.38. The summed E-state index contributed by atoms with van der Waals surface area (Å²) in [5, 5.41) is 0.0579. The van der Waals surface area contributed by atoms with Crippen molar-refractivity contribution in [3.63, 3.8) is 0 Å². The summed E-state index contributed by atoms with van der Waals surface area (Å²) in [4.78, 5) is 81.8. The van der Waals surface area contributed by atoms with Gasteiger partial charge in [0.25, 0.3) is 5.91 Å². The van der Waals surface area contributed by atoms with Crippen LogP contribution in [-0.4, -0.2) is 80.6 Å². The van der Waals surface area contributed by atoms with E-state index in [0.717, 1.165) is 16.8 Å². The second kappa shape index (κ2) is 10.3. The molecule has 2 aromatic rings. The highest BCUT2D eigenvalue weighted by atomic mass is 32.2. The number of hydroxylamine groups is 2. The number of hydrogen-bond acceptors (Lipinski definition) is 10. The van der Waals surface area contributed by atoms with E-state index in [9.17, 15) is 24.0 Å². The van der Waals surface area contributed by atoms with Crippen molar-refractivity contribution in [3.05, 3.63) is 43.5 Å². The van der Waals surface area contributed by atoms with Crippen LogP contribution >= 0.6 is 11.8 Å². The van der Waals surface area contributed by atoms with Crippen LogP contribution in [0.1, 0.15) is 34.6 Å². The van der Waals surface area contributed by atoms with Gasteiger partial charge >= 0.3 is 0 Å². The van der Waals surface area contributed by atoms with Crippen LogP contribution in [0.5, 0.6) is 0 Å². The molecule has 1 unspecified atom stereocenters. The fraction of sp³-hybridized carbons (Fsp3) is 0.467. The van der Waals surface area contributed by atoms with Crippen molar-refractivity contribution in [1.82, 2.24) is 19.6 Å². The van der Waals surface area contributed by atoms with Crippen molar-refractivity contribution in [3.8, 4) is 11.3 Å². The van der Waals surface area contributed by atoms with Crippen LogP contribution < -0.4 is 0 Å². The SMILES string of the molecule is C=CCON1C(=O)[C@@]2([C@@H](C)O[Si](C)(C)C(C)(C)C)C(=O)C(=O)[C@]12[C@@H](C)C(=O)C1Sc2c(-c3cccnc3)ncn2C1=C=O. The largest absolute Gasteiger partial charge is 0.413 e. The van der Waals surface area contributed by atoms with Gasteiger partial charge in [-0.15, -0.1) is 6.58 Å². The first kappa shape index (κ1) is 31.0. The number of amides is 1. The predicted molar refractivity (Wildman–Crippen MR) is 161 cm³/mol. The molecule has 2 fully saturated rings. The molecule has 43 heavy (non-hydrogen) atoms. The third kappa shape index (κ3) is 3.92. The van der Waals surface area contributed by atoms with E-state index in [0.29, 0.717) is 16.3 Å². The van der Waals surface area contributed by atoms with Gasteiger partial charge in [0.05, 0.1) is 18.6 Å². The third-order valence-corrected chi connectivity index (χ3v) is 15.2. The number of piperidine rings is 1. The summed E-state index contributed by atoms with van der Waals surface area (Å²) < 4.78 is 8.03. The Kier molecular flexibility index (Phi) is 7.42. The molecule has 3 aliphatic rings. The van der Waals surface area contributed by atoms with Crippen molar-refractivity contribution in [2.24, 2.45) is 11.3 Å². The number of nitrogens with zero attached hydrogens (tertiary/aromatic N) is 4. The lowest BCUT2D eigenvalue weighted by atomic mass is 9.40. The molecular weight excluding hydrogens is 589 g/mol. The van der Waals surface area contributed by atoms with Gasteiger partial charge in [0.15, 0.2) is 25.1 Å². The molecule has 13 heteroatoms. The molecule has 1 saturated carbocycles. The zero-order chi connectivity index (χ0) is 31.7. The number of Topliss-reactive ketones (excluding diaryl/α,β-unsaturated/α-hetero) is 3. The lowest BCUT2D eigenvalue weighted by molar-refractivity contribution is -0.312. The van der Waals surface area contributed by atoms with Crippen LogP contribution in [0, 0.1) is 11.3 Å². The van der Waals surface area contributed by atoms with Crippen molar-refractivity contribution in [1.29, 1.82) is 0 Å². The standard InChI is InChI=1S/C30H34N4O7SSi/c1-9-13-40-34-27(39)29(18(3)41-43(7,8)28(4,5)6)24(37)25(38)30(29,34)17(2)22(36)23-20(15-35)33-16-32-21(26(33)42-23)19-11-10-12-31-14-19/h9-12,14,16-18,23H,1,13H2,2-8H3/t17-,18+,23?,29+,30-/m0/s1. The fourth-order valence-electron chi connectivity index (χ4n) is 6.14. The summed E-state index contributed by atoms with van der Waals surface area (Å²) >= 11 is 1.09. The Morgan fingerprint density at radius 3 is 2.53 bits per heavy atom. The number of pyridine rings is 1. The number of β-lactam (4-membered cyclic amide) rings is 1. The van der Waals surface area contributed by atoms with Gasteiger partial charge in [0, 0.05) is 18.0 Å². The predicted octanol–water partition coefficient (Wildman–Crippen LogP) is 3.54. The average Bonchev–Trinajstić information content (AvgIpc) is 3.53. The quantitative estimate of drug-likeness (QED) is 0.0966. The van der Waals surface area contributed by atoms with E-state index in [1.807, 2.05) is 45.9 Å². The van der Waals surface area contributed by atoms with E-state index in [4.69, 9.17) is 9.26 Å². The minimum absolute atomic E-state index is 0.00868. The van der Waals surface area contributed by atoms with Gasteiger partial charge in [0.2, 0.25) is 11.6 Å². The molecule has 4 heterocycles. The molecule has 2 aromatic heterocycles. The zero-order valence-electron chi connectivity index (χ0n) is 25.2. The summed E-state index contributed by atoms with van der Waals surface area (Å²) in [6, 6.07) is 3.56. The van der Waals surface area contributed by atoms with Gasteiger partial charge in [0.1, 0.15) is 33.9 Å². The van der Waals surface area contributed by atoms with Crippen LogP contribution in [0.2, 0.25) is 18.1 Å².